The van der Waals surface area contributed by atoms with Crippen molar-refractivity contribution in [2.45, 2.75) is 0 Å². The summed E-state index contributed by atoms with van der Waals surface area (Å²) in [5.74, 6) is -1.01. The van der Waals surface area contributed by atoms with Crippen LogP contribution in [0.5, 0.6) is 5.75 Å². The molecule has 0 aliphatic carbocycles. The number of para-hydroxylation sites is 1. The lowest BCUT2D eigenvalue weighted by atomic mass is 10.0. The maximum atomic E-state index is 13.1. The number of hydrazine groups is 1. The van der Waals surface area contributed by atoms with Crippen molar-refractivity contribution in [3.05, 3.63) is 107 Å². The van der Waals surface area contributed by atoms with Gasteiger partial charge in [-0.05, 0) is 59.3 Å². The van der Waals surface area contributed by atoms with Crippen LogP contribution in [0.3, 0.4) is 0 Å². The van der Waals surface area contributed by atoms with Crippen LogP contribution >= 0.6 is 11.6 Å². The Bertz CT molecular complexity index is 1500. The second kappa shape index (κ2) is 9.93. The van der Waals surface area contributed by atoms with Crippen molar-refractivity contribution in [1.29, 1.82) is 0 Å². The van der Waals surface area contributed by atoms with Crippen molar-refractivity contribution < 1.29 is 19.1 Å². The van der Waals surface area contributed by atoms with E-state index in [0.29, 0.717) is 27.7 Å². The van der Waals surface area contributed by atoms with E-state index < -0.39 is 11.8 Å². The number of hydrogen-bond donors (Lipinski definition) is 2. The third-order valence-electron chi connectivity index (χ3n) is 5.61. The Morgan fingerprint density at radius 1 is 0.917 bits per heavy atom. The van der Waals surface area contributed by atoms with E-state index in [1.54, 1.807) is 54.6 Å². The number of amides is 3. The molecule has 0 aromatic heterocycles. The topological polar surface area (TPSA) is 87.7 Å². The average Bonchev–Trinajstić information content (AvgIpc) is 3.18. The zero-order chi connectivity index (χ0) is 25.1. The summed E-state index contributed by atoms with van der Waals surface area (Å²) in [5, 5.41) is 6.19. The summed E-state index contributed by atoms with van der Waals surface area (Å²) in [5.41, 5.74) is 4.23. The maximum Gasteiger partial charge on any atom is 0.282 e. The number of ether oxygens (including phenoxy) is 1. The highest BCUT2D eigenvalue weighted by Gasteiger charge is 2.34. The highest BCUT2D eigenvalue weighted by atomic mass is 35.5. The molecule has 3 amide bonds. The molecular formula is C28H20ClN3O4. The van der Waals surface area contributed by atoms with E-state index in [2.05, 4.69) is 10.7 Å². The van der Waals surface area contributed by atoms with Crippen molar-refractivity contribution in [3.8, 4) is 5.75 Å². The minimum Gasteiger partial charge on any atom is -0.483 e. The summed E-state index contributed by atoms with van der Waals surface area (Å²) in [7, 11) is 0. The van der Waals surface area contributed by atoms with Gasteiger partial charge in [-0.25, -0.2) is 5.01 Å². The Labute approximate surface area is 211 Å². The normalized spacial score (nSPS) is 14.2. The largest absolute Gasteiger partial charge is 0.483 e. The van der Waals surface area contributed by atoms with Crippen LogP contribution in [0, 0.1) is 0 Å². The fraction of sp³-hybridized carbons (Fsp3) is 0.0357. The number of benzene rings is 4. The Morgan fingerprint density at radius 2 is 1.64 bits per heavy atom. The van der Waals surface area contributed by atoms with Crippen LogP contribution < -0.4 is 20.5 Å². The number of anilines is 2. The van der Waals surface area contributed by atoms with Crippen LogP contribution in [-0.2, 0) is 14.4 Å². The Morgan fingerprint density at radius 3 is 2.42 bits per heavy atom. The van der Waals surface area contributed by atoms with Crippen LogP contribution in [0.1, 0.15) is 5.56 Å². The summed E-state index contributed by atoms with van der Waals surface area (Å²) in [6, 6.07) is 26.7. The van der Waals surface area contributed by atoms with E-state index in [9.17, 15) is 14.4 Å². The molecule has 1 heterocycles. The van der Waals surface area contributed by atoms with Gasteiger partial charge in [-0.2, -0.15) is 0 Å². The first kappa shape index (κ1) is 23.1. The first-order chi connectivity index (χ1) is 17.5. The highest BCUT2D eigenvalue weighted by Crippen LogP contribution is 2.32. The Balaban J connectivity index is 1.44. The fourth-order valence-corrected chi connectivity index (χ4v) is 4.01. The molecule has 0 radical (unpaired) electrons. The fourth-order valence-electron chi connectivity index (χ4n) is 3.88. The SMILES string of the molecule is O=C(COc1ccc2ccccc2c1C=C1C(=O)NN(c2ccccc2)C1=O)Nc1ccc(Cl)cc1. The summed E-state index contributed by atoms with van der Waals surface area (Å²) < 4.78 is 5.86. The lowest BCUT2D eigenvalue weighted by Gasteiger charge is -2.14. The third kappa shape index (κ3) is 4.78. The van der Waals surface area contributed by atoms with E-state index >= 15 is 0 Å². The van der Waals surface area contributed by atoms with Crippen LogP contribution in [0.15, 0.2) is 96.6 Å². The number of carbonyl (C=O) groups is 3. The van der Waals surface area contributed by atoms with Crippen molar-refractivity contribution in [1.82, 2.24) is 5.43 Å². The molecule has 36 heavy (non-hydrogen) atoms. The van der Waals surface area contributed by atoms with Crippen molar-refractivity contribution in [2.24, 2.45) is 0 Å². The smallest absolute Gasteiger partial charge is 0.282 e. The highest BCUT2D eigenvalue weighted by molar-refractivity contribution is 6.32. The van der Waals surface area contributed by atoms with Gasteiger partial charge in [0, 0.05) is 16.3 Å². The summed E-state index contributed by atoms with van der Waals surface area (Å²) in [4.78, 5) is 38.4. The lowest BCUT2D eigenvalue weighted by molar-refractivity contribution is -0.118. The zero-order valence-electron chi connectivity index (χ0n) is 18.9. The predicted molar refractivity (Wildman–Crippen MR) is 140 cm³/mol. The summed E-state index contributed by atoms with van der Waals surface area (Å²) in [6.45, 7) is -0.270. The average molecular weight is 498 g/mol. The first-order valence-corrected chi connectivity index (χ1v) is 11.5. The molecule has 5 rings (SSSR count). The van der Waals surface area contributed by atoms with Gasteiger partial charge < -0.3 is 10.1 Å². The molecule has 1 fully saturated rings. The van der Waals surface area contributed by atoms with Crippen LogP contribution in [0.4, 0.5) is 11.4 Å². The van der Waals surface area contributed by atoms with Gasteiger partial charge in [0.25, 0.3) is 17.7 Å². The lowest BCUT2D eigenvalue weighted by Crippen LogP contribution is -2.35. The van der Waals surface area contributed by atoms with Crippen LogP contribution in [0.2, 0.25) is 5.02 Å². The molecular weight excluding hydrogens is 478 g/mol. The van der Waals surface area contributed by atoms with Gasteiger partial charge in [-0.1, -0.05) is 60.1 Å². The molecule has 4 aromatic carbocycles. The molecule has 2 N–H and O–H groups in total. The minimum absolute atomic E-state index is 0.0364. The molecule has 178 valence electrons. The molecule has 0 saturated carbocycles. The molecule has 7 nitrogen and oxygen atoms in total. The molecule has 4 aromatic rings. The molecule has 1 saturated heterocycles. The molecule has 0 spiro atoms. The predicted octanol–water partition coefficient (Wildman–Crippen LogP) is 4.97. The maximum absolute atomic E-state index is 13.1. The third-order valence-corrected chi connectivity index (χ3v) is 5.86. The van der Waals surface area contributed by atoms with E-state index in [-0.39, 0.29) is 18.1 Å². The number of nitrogens with one attached hydrogen (secondary N) is 2. The van der Waals surface area contributed by atoms with Gasteiger partial charge in [0.2, 0.25) is 0 Å². The molecule has 0 atom stereocenters. The van der Waals surface area contributed by atoms with E-state index in [1.165, 1.54) is 11.1 Å². The molecule has 0 bridgehead atoms. The van der Waals surface area contributed by atoms with Gasteiger partial charge in [0.1, 0.15) is 11.3 Å². The number of hydrogen-bond acceptors (Lipinski definition) is 4. The van der Waals surface area contributed by atoms with Crippen LogP contribution in [-0.4, -0.2) is 24.3 Å². The van der Waals surface area contributed by atoms with Crippen molar-refractivity contribution in [2.75, 3.05) is 16.9 Å². The number of rotatable bonds is 6. The Hall–Kier alpha value is -4.62. The number of carbonyl (C=O) groups excluding carboxylic acids is 3. The monoisotopic (exact) mass is 497 g/mol. The van der Waals surface area contributed by atoms with E-state index in [0.717, 1.165) is 10.8 Å². The molecule has 1 aliphatic rings. The van der Waals surface area contributed by atoms with Gasteiger partial charge in [-0.3, -0.25) is 19.8 Å². The zero-order valence-corrected chi connectivity index (χ0v) is 19.7. The minimum atomic E-state index is -0.525. The number of fused-ring (bicyclic) bond motifs is 1. The number of halogens is 1. The van der Waals surface area contributed by atoms with Gasteiger partial charge in [0.15, 0.2) is 6.61 Å². The van der Waals surface area contributed by atoms with Crippen molar-refractivity contribution >= 4 is 57.5 Å². The van der Waals surface area contributed by atoms with Gasteiger partial charge in [-0.15, -0.1) is 0 Å². The standard InChI is InChI=1S/C28H20ClN3O4/c29-19-11-13-20(14-12-19)30-26(33)17-36-25-15-10-18-6-4-5-9-22(18)23(25)16-24-27(34)31-32(28(24)35)21-7-2-1-3-8-21/h1-16H,17H2,(H,30,33)(H,31,34). The summed E-state index contributed by atoms with van der Waals surface area (Å²) in [6.07, 6.45) is 1.51. The second-order valence-corrected chi connectivity index (χ2v) is 8.45. The van der Waals surface area contributed by atoms with Gasteiger partial charge in [0.05, 0.1) is 5.69 Å². The van der Waals surface area contributed by atoms with Gasteiger partial charge >= 0.3 is 0 Å². The van der Waals surface area contributed by atoms with E-state index in [1.807, 2.05) is 36.4 Å². The first-order valence-electron chi connectivity index (χ1n) is 11.1. The molecule has 8 heteroatoms. The summed E-state index contributed by atoms with van der Waals surface area (Å²) >= 11 is 5.89. The molecule has 1 aliphatic heterocycles. The second-order valence-electron chi connectivity index (χ2n) is 8.02. The van der Waals surface area contributed by atoms with Crippen LogP contribution in [0.25, 0.3) is 16.8 Å². The van der Waals surface area contributed by atoms with E-state index in [4.69, 9.17) is 16.3 Å². The van der Waals surface area contributed by atoms with Crippen molar-refractivity contribution in [3.63, 3.8) is 0 Å². The molecule has 0 unspecified atom stereocenters. The Kier molecular flexibility index (Phi) is 6.38. The quantitative estimate of drug-likeness (QED) is 0.291. The number of nitrogens with zero attached hydrogens (tertiary/aromatic N) is 1.